The summed E-state index contributed by atoms with van der Waals surface area (Å²) in [6.07, 6.45) is 7.34. The Morgan fingerprint density at radius 1 is 1.11 bits per heavy atom. The number of Topliss-reactive ketones (excluding diaryl/α,β-unsaturated/α-hetero) is 1. The average molecular weight is 374 g/mol. The van der Waals surface area contributed by atoms with Gasteiger partial charge in [-0.25, -0.2) is 0 Å². The standard InChI is InChI=1S/C21H29NO3.C2H6/c1-16(2)17(3)5-6-20(11-12-22)19-7-9-21(10-8-19)25-14-13-24-15-18(4)23;1-2/h5-12,16-17,22H,13-15H2,1-4H3;1-2H3/b6-5-,20-11+,22-12?;. The van der Waals surface area contributed by atoms with E-state index in [0.717, 1.165) is 16.9 Å². The van der Waals surface area contributed by atoms with Gasteiger partial charge in [-0.05, 0) is 48.1 Å². The molecule has 0 aromatic heterocycles. The highest BCUT2D eigenvalue weighted by atomic mass is 16.5. The van der Waals surface area contributed by atoms with Crippen LogP contribution in [-0.2, 0) is 9.53 Å². The van der Waals surface area contributed by atoms with Crippen molar-refractivity contribution in [3.8, 4) is 5.75 Å². The summed E-state index contributed by atoms with van der Waals surface area (Å²) < 4.78 is 10.8. The molecule has 27 heavy (non-hydrogen) atoms. The van der Waals surface area contributed by atoms with Gasteiger partial charge in [0.15, 0.2) is 5.78 Å². The summed E-state index contributed by atoms with van der Waals surface area (Å²) in [5.41, 5.74) is 2.04. The Morgan fingerprint density at radius 3 is 2.26 bits per heavy atom. The number of ether oxygens (including phenoxy) is 2. The van der Waals surface area contributed by atoms with Gasteiger partial charge in [-0.1, -0.05) is 58.9 Å². The van der Waals surface area contributed by atoms with Gasteiger partial charge >= 0.3 is 0 Å². The van der Waals surface area contributed by atoms with Crippen molar-refractivity contribution in [3.05, 3.63) is 48.1 Å². The van der Waals surface area contributed by atoms with Gasteiger partial charge in [0.05, 0.1) is 6.61 Å². The molecule has 0 saturated carbocycles. The first-order valence-electron chi connectivity index (χ1n) is 9.63. The molecule has 1 aromatic rings. The van der Waals surface area contributed by atoms with Gasteiger partial charge in [0.2, 0.25) is 0 Å². The molecule has 1 N–H and O–H groups in total. The van der Waals surface area contributed by atoms with Gasteiger partial charge in [-0.15, -0.1) is 0 Å². The lowest BCUT2D eigenvalue weighted by Crippen LogP contribution is -2.11. The first-order valence-corrected chi connectivity index (χ1v) is 9.63. The quantitative estimate of drug-likeness (QED) is 0.313. The van der Waals surface area contributed by atoms with E-state index < -0.39 is 0 Å². The maximum absolute atomic E-state index is 10.8. The van der Waals surface area contributed by atoms with E-state index in [2.05, 4.69) is 32.9 Å². The second kappa shape index (κ2) is 14.9. The summed E-state index contributed by atoms with van der Waals surface area (Å²) in [6, 6.07) is 7.76. The highest BCUT2D eigenvalue weighted by Gasteiger charge is 2.04. The second-order valence-corrected chi connectivity index (χ2v) is 6.38. The molecule has 0 spiro atoms. The van der Waals surface area contributed by atoms with E-state index in [-0.39, 0.29) is 12.4 Å². The van der Waals surface area contributed by atoms with Crippen molar-refractivity contribution in [1.29, 1.82) is 5.41 Å². The third kappa shape index (κ3) is 11.2. The first-order chi connectivity index (χ1) is 12.9. The summed E-state index contributed by atoms with van der Waals surface area (Å²) in [5, 5.41) is 7.36. The van der Waals surface area contributed by atoms with Crippen molar-refractivity contribution in [2.45, 2.75) is 41.5 Å². The predicted octanol–water partition coefficient (Wildman–Crippen LogP) is 5.58. The Morgan fingerprint density at radius 2 is 1.74 bits per heavy atom. The molecule has 0 heterocycles. The van der Waals surface area contributed by atoms with Crippen LogP contribution in [0.2, 0.25) is 0 Å². The van der Waals surface area contributed by atoms with Crippen LogP contribution < -0.4 is 4.74 Å². The van der Waals surface area contributed by atoms with Crippen molar-refractivity contribution in [1.82, 2.24) is 0 Å². The van der Waals surface area contributed by atoms with Crippen LogP contribution in [0.3, 0.4) is 0 Å². The lowest BCUT2D eigenvalue weighted by Gasteiger charge is -2.11. The van der Waals surface area contributed by atoms with E-state index in [9.17, 15) is 4.79 Å². The van der Waals surface area contributed by atoms with Crippen LogP contribution in [0.15, 0.2) is 42.5 Å². The smallest absolute Gasteiger partial charge is 0.155 e. The molecule has 4 heteroatoms. The van der Waals surface area contributed by atoms with Crippen LogP contribution in [0.4, 0.5) is 0 Å². The number of carbonyl (C=O) groups excluding carboxylic acids is 1. The van der Waals surface area contributed by atoms with Gasteiger partial charge in [0.1, 0.15) is 19.0 Å². The van der Waals surface area contributed by atoms with E-state index in [4.69, 9.17) is 14.9 Å². The summed E-state index contributed by atoms with van der Waals surface area (Å²) in [6.45, 7) is 13.0. The third-order valence-corrected chi connectivity index (χ3v) is 3.88. The van der Waals surface area contributed by atoms with Crippen LogP contribution in [-0.4, -0.2) is 31.8 Å². The minimum absolute atomic E-state index is 0.00899. The normalized spacial score (nSPS) is 12.5. The Bertz CT molecular complexity index is 601. The lowest BCUT2D eigenvalue weighted by atomic mass is 9.95. The van der Waals surface area contributed by atoms with Crippen molar-refractivity contribution >= 4 is 17.6 Å². The van der Waals surface area contributed by atoms with Crippen LogP contribution in [0.1, 0.15) is 47.1 Å². The molecule has 0 amide bonds. The zero-order valence-electron chi connectivity index (χ0n) is 17.6. The summed E-state index contributed by atoms with van der Waals surface area (Å²) in [4.78, 5) is 10.8. The fraction of sp³-hybridized carbons (Fsp3) is 0.478. The molecule has 1 unspecified atom stereocenters. The SMILES string of the molecule is CC.CC(=O)COCCOc1ccc(C(/C=C\C(C)C(C)C)=C/C=N)cc1. The van der Waals surface area contributed by atoms with E-state index in [1.165, 1.54) is 13.1 Å². The van der Waals surface area contributed by atoms with Crippen molar-refractivity contribution in [2.24, 2.45) is 11.8 Å². The van der Waals surface area contributed by atoms with E-state index >= 15 is 0 Å². The van der Waals surface area contributed by atoms with Gasteiger partial charge < -0.3 is 14.9 Å². The second-order valence-electron chi connectivity index (χ2n) is 6.38. The Balaban J connectivity index is 0.00000326. The number of benzene rings is 1. The number of allylic oxidation sites excluding steroid dienone is 4. The highest BCUT2D eigenvalue weighted by molar-refractivity contribution is 5.87. The van der Waals surface area contributed by atoms with E-state index in [1.54, 1.807) is 6.08 Å². The molecule has 4 nitrogen and oxygen atoms in total. The van der Waals surface area contributed by atoms with Gasteiger partial charge in [-0.2, -0.15) is 0 Å². The number of nitrogens with one attached hydrogen (secondary N) is 1. The molecule has 0 saturated heterocycles. The molecular formula is C23H35NO3. The van der Waals surface area contributed by atoms with Crippen LogP contribution in [0, 0.1) is 17.2 Å². The molecule has 0 radical (unpaired) electrons. The minimum Gasteiger partial charge on any atom is -0.491 e. The Kier molecular flexibility index (Phi) is 13.7. The Labute approximate surface area is 164 Å². The third-order valence-electron chi connectivity index (χ3n) is 3.88. The van der Waals surface area contributed by atoms with Crippen LogP contribution in [0.5, 0.6) is 5.75 Å². The largest absolute Gasteiger partial charge is 0.491 e. The summed E-state index contributed by atoms with van der Waals surface area (Å²) in [5.74, 6) is 1.82. The molecule has 1 aromatic carbocycles. The summed E-state index contributed by atoms with van der Waals surface area (Å²) in [7, 11) is 0. The van der Waals surface area contributed by atoms with E-state index in [1.807, 2.05) is 38.1 Å². The molecule has 0 aliphatic rings. The van der Waals surface area contributed by atoms with Crippen molar-refractivity contribution < 1.29 is 14.3 Å². The molecular weight excluding hydrogens is 338 g/mol. The molecule has 1 atom stereocenters. The predicted molar refractivity (Wildman–Crippen MR) is 115 cm³/mol. The van der Waals surface area contributed by atoms with Gasteiger partial charge in [0.25, 0.3) is 0 Å². The monoisotopic (exact) mass is 373 g/mol. The number of ketones is 1. The van der Waals surface area contributed by atoms with Gasteiger partial charge in [0, 0.05) is 6.21 Å². The number of hydrogen-bond acceptors (Lipinski definition) is 4. The molecule has 0 aliphatic carbocycles. The molecule has 0 fully saturated rings. The topological polar surface area (TPSA) is 59.4 Å². The number of hydrogen-bond donors (Lipinski definition) is 1. The van der Waals surface area contributed by atoms with Gasteiger partial charge in [-0.3, -0.25) is 4.79 Å². The molecule has 150 valence electrons. The van der Waals surface area contributed by atoms with E-state index in [0.29, 0.717) is 25.0 Å². The van der Waals surface area contributed by atoms with Crippen LogP contribution in [0.25, 0.3) is 5.57 Å². The highest BCUT2D eigenvalue weighted by Crippen LogP contribution is 2.21. The fourth-order valence-electron chi connectivity index (χ4n) is 1.99. The number of rotatable bonds is 11. The fourth-order valence-corrected chi connectivity index (χ4v) is 1.99. The lowest BCUT2D eigenvalue weighted by molar-refractivity contribution is -0.121. The van der Waals surface area contributed by atoms with Crippen molar-refractivity contribution in [3.63, 3.8) is 0 Å². The van der Waals surface area contributed by atoms with Crippen LogP contribution >= 0.6 is 0 Å². The average Bonchev–Trinajstić information content (AvgIpc) is 2.66. The molecule has 0 bridgehead atoms. The maximum atomic E-state index is 10.8. The maximum Gasteiger partial charge on any atom is 0.155 e. The zero-order valence-corrected chi connectivity index (χ0v) is 17.6. The molecule has 0 aliphatic heterocycles. The first kappa shape index (κ1) is 24.8. The number of carbonyl (C=O) groups is 1. The zero-order chi connectivity index (χ0) is 20.7. The van der Waals surface area contributed by atoms with Crippen molar-refractivity contribution in [2.75, 3.05) is 19.8 Å². The molecule has 1 rings (SSSR count). The summed E-state index contributed by atoms with van der Waals surface area (Å²) >= 11 is 0. The Hall–Kier alpha value is -2.20. The minimum atomic E-state index is 0.00899.